The van der Waals surface area contributed by atoms with Gasteiger partial charge >= 0.3 is 0 Å². The first kappa shape index (κ1) is 13.2. The van der Waals surface area contributed by atoms with Crippen LogP contribution in [0.2, 0.25) is 0 Å². The standard InChI is InChI=1S/C15H24O/c1-11(2)5-8-15(16)10-14-7-6-12(3)13(4)9-14/h6-7,9,11,15-16H,5,8,10H2,1-4H3. The predicted octanol–water partition coefficient (Wildman–Crippen LogP) is 3.64. The average molecular weight is 220 g/mol. The Bertz CT molecular complexity index is 328. The third-order valence-electron chi connectivity index (χ3n) is 3.12. The van der Waals surface area contributed by atoms with Crippen LogP contribution in [0.1, 0.15) is 43.4 Å². The molecule has 0 radical (unpaired) electrons. The smallest absolute Gasteiger partial charge is 0.0580 e. The molecule has 0 fully saturated rings. The van der Waals surface area contributed by atoms with E-state index in [4.69, 9.17) is 0 Å². The number of aliphatic hydroxyl groups is 1. The Morgan fingerprint density at radius 3 is 2.31 bits per heavy atom. The summed E-state index contributed by atoms with van der Waals surface area (Å²) in [6.45, 7) is 8.64. The summed E-state index contributed by atoms with van der Waals surface area (Å²) in [6, 6.07) is 6.45. The number of hydrogen-bond donors (Lipinski definition) is 1. The van der Waals surface area contributed by atoms with Crippen molar-refractivity contribution in [1.29, 1.82) is 0 Å². The Balaban J connectivity index is 2.49. The zero-order chi connectivity index (χ0) is 12.1. The van der Waals surface area contributed by atoms with E-state index >= 15 is 0 Å². The number of aryl methyl sites for hydroxylation is 2. The van der Waals surface area contributed by atoms with Crippen LogP contribution in [0.5, 0.6) is 0 Å². The lowest BCUT2D eigenvalue weighted by atomic mass is 9.98. The normalized spacial score (nSPS) is 13.1. The molecule has 1 atom stereocenters. The van der Waals surface area contributed by atoms with Gasteiger partial charge in [0.25, 0.3) is 0 Å². The van der Waals surface area contributed by atoms with Gasteiger partial charge in [-0.2, -0.15) is 0 Å². The molecule has 1 heteroatoms. The molecule has 1 rings (SSSR count). The zero-order valence-electron chi connectivity index (χ0n) is 11.0. The maximum atomic E-state index is 9.91. The summed E-state index contributed by atoms with van der Waals surface area (Å²) in [5, 5.41) is 9.91. The van der Waals surface area contributed by atoms with Crippen molar-refractivity contribution >= 4 is 0 Å². The van der Waals surface area contributed by atoms with Gasteiger partial charge in [0.2, 0.25) is 0 Å². The molecule has 0 heterocycles. The second kappa shape index (κ2) is 6.05. The van der Waals surface area contributed by atoms with Gasteiger partial charge in [0.1, 0.15) is 0 Å². The van der Waals surface area contributed by atoms with Gasteiger partial charge in [-0.25, -0.2) is 0 Å². The van der Waals surface area contributed by atoms with Crippen LogP contribution >= 0.6 is 0 Å². The fraction of sp³-hybridized carbons (Fsp3) is 0.600. The minimum Gasteiger partial charge on any atom is -0.393 e. The average Bonchev–Trinajstić information content (AvgIpc) is 2.21. The van der Waals surface area contributed by atoms with Gasteiger partial charge in [-0.1, -0.05) is 32.0 Å². The second-order valence-corrected chi connectivity index (χ2v) is 5.25. The van der Waals surface area contributed by atoms with Gasteiger partial charge in [0, 0.05) is 0 Å². The zero-order valence-corrected chi connectivity index (χ0v) is 11.0. The van der Waals surface area contributed by atoms with E-state index in [0.29, 0.717) is 5.92 Å². The summed E-state index contributed by atoms with van der Waals surface area (Å²) in [6.07, 6.45) is 2.61. The first-order valence-electron chi connectivity index (χ1n) is 6.23. The lowest BCUT2D eigenvalue weighted by Gasteiger charge is -2.13. The molecule has 1 N–H and O–H groups in total. The van der Waals surface area contributed by atoms with E-state index in [1.165, 1.54) is 16.7 Å². The summed E-state index contributed by atoms with van der Waals surface area (Å²) in [4.78, 5) is 0. The molecular formula is C15H24O. The molecule has 90 valence electrons. The molecular weight excluding hydrogens is 196 g/mol. The highest BCUT2D eigenvalue weighted by Gasteiger charge is 2.07. The Morgan fingerprint density at radius 2 is 1.75 bits per heavy atom. The van der Waals surface area contributed by atoms with Gasteiger partial charge in [-0.05, 0) is 55.7 Å². The Kier molecular flexibility index (Phi) is 5.01. The highest BCUT2D eigenvalue weighted by atomic mass is 16.3. The molecule has 1 unspecified atom stereocenters. The number of aliphatic hydroxyl groups excluding tert-OH is 1. The Hall–Kier alpha value is -0.820. The minimum absolute atomic E-state index is 0.190. The van der Waals surface area contributed by atoms with Gasteiger partial charge in [-0.15, -0.1) is 0 Å². The van der Waals surface area contributed by atoms with Crippen molar-refractivity contribution in [2.75, 3.05) is 0 Å². The largest absolute Gasteiger partial charge is 0.393 e. The van der Waals surface area contributed by atoms with Crippen molar-refractivity contribution < 1.29 is 5.11 Å². The van der Waals surface area contributed by atoms with E-state index in [9.17, 15) is 5.11 Å². The summed E-state index contributed by atoms with van der Waals surface area (Å²) in [7, 11) is 0. The van der Waals surface area contributed by atoms with Crippen LogP contribution in [0.25, 0.3) is 0 Å². The van der Waals surface area contributed by atoms with Crippen LogP contribution in [0, 0.1) is 19.8 Å². The molecule has 0 spiro atoms. The summed E-state index contributed by atoms with van der Waals surface area (Å²) in [5.41, 5.74) is 3.88. The van der Waals surface area contributed by atoms with E-state index in [0.717, 1.165) is 19.3 Å². The van der Waals surface area contributed by atoms with Crippen LogP contribution in [-0.2, 0) is 6.42 Å². The number of rotatable bonds is 5. The number of hydrogen-bond acceptors (Lipinski definition) is 1. The van der Waals surface area contributed by atoms with Gasteiger partial charge in [0.05, 0.1) is 6.10 Å². The van der Waals surface area contributed by atoms with Crippen molar-refractivity contribution in [2.45, 2.75) is 53.1 Å². The van der Waals surface area contributed by atoms with Gasteiger partial charge in [0.15, 0.2) is 0 Å². The molecule has 0 saturated heterocycles. The van der Waals surface area contributed by atoms with Crippen molar-refractivity contribution in [2.24, 2.45) is 5.92 Å². The van der Waals surface area contributed by atoms with Gasteiger partial charge in [-0.3, -0.25) is 0 Å². The molecule has 0 amide bonds. The second-order valence-electron chi connectivity index (χ2n) is 5.25. The van der Waals surface area contributed by atoms with Crippen LogP contribution in [-0.4, -0.2) is 11.2 Å². The topological polar surface area (TPSA) is 20.2 Å². The fourth-order valence-corrected chi connectivity index (χ4v) is 1.83. The third-order valence-corrected chi connectivity index (χ3v) is 3.12. The maximum Gasteiger partial charge on any atom is 0.0580 e. The first-order valence-corrected chi connectivity index (χ1v) is 6.23. The molecule has 1 aromatic rings. The molecule has 0 saturated carbocycles. The van der Waals surface area contributed by atoms with Crippen LogP contribution in [0.15, 0.2) is 18.2 Å². The number of benzene rings is 1. The van der Waals surface area contributed by atoms with E-state index < -0.39 is 0 Å². The fourth-order valence-electron chi connectivity index (χ4n) is 1.83. The van der Waals surface area contributed by atoms with Crippen molar-refractivity contribution in [3.05, 3.63) is 34.9 Å². The third kappa shape index (κ3) is 4.36. The SMILES string of the molecule is Cc1ccc(CC(O)CCC(C)C)cc1C. The summed E-state index contributed by atoms with van der Waals surface area (Å²) >= 11 is 0. The van der Waals surface area contributed by atoms with E-state index in [2.05, 4.69) is 45.9 Å². The van der Waals surface area contributed by atoms with Crippen molar-refractivity contribution in [1.82, 2.24) is 0 Å². The van der Waals surface area contributed by atoms with E-state index in [1.807, 2.05) is 0 Å². The monoisotopic (exact) mass is 220 g/mol. The predicted molar refractivity (Wildman–Crippen MR) is 69.7 cm³/mol. The minimum atomic E-state index is -0.190. The van der Waals surface area contributed by atoms with Crippen LogP contribution < -0.4 is 0 Å². The Morgan fingerprint density at radius 1 is 1.06 bits per heavy atom. The molecule has 0 bridgehead atoms. The van der Waals surface area contributed by atoms with Crippen LogP contribution in [0.3, 0.4) is 0 Å². The Labute approximate surface area is 99.5 Å². The van der Waals surface area contributed by atoms with Crippen molar-refractivity contribution in [3.8, 4) is 0 Å². The summed E-state index contributed by atoms with van der Waals surface area (Å²) in [5.74, 6) is 0.675. The molecule has 0 aliphatic rings. The lowest BCUT2D eigenvalue weighted by Crippen LogP contribution is -2.11. The molecule has 0 aliphatic carbocycles. The van der Waals surface area contributed by atoms with E-state index in [-0.39, 0.29) is 6.10 Å². The molecule has 0 aliphatic heterocycles. The molecule has 1 nitrogen and oxygen atoms in total. The highest BCUT2D eigenvalue weighted by molar-refractivity contribution is 5.30. The molecule has 1 aromatic carbocycles. The highest BCUT2D eigenvalue weighted by Crippen LogP contribution is 2.14. The quantitative estimate of drug-likeness (QED) is 0.803. The first-order chi connectivity index (χ1) is 7.49. The van der Waals surface area contributed by atoms with E-state index in [1.54, 1.807) is 0 Å². The summed E-state index contributed by atoms with van der Waals surface area (Å²) < 4.78 is 0. The van der Waals surface area contributed by atoms with Gasteiger partial charge < -0.3 is 5.11 Å². The lowest BCUT2D eigenvalue weighted by molar-refractivity contribution is 0.157. The van der Waals surface area contributed by atoms with Crippen LogP contribution in [0.4, 0.5) is 0 Å². The molecule has 0 aromatic heterocycles. The van der Waals surface area contributed by atoms with Crippen molar-refractivity contribution in [3.63, 3.8) is 0 Å². The molecule has 16 heavy (non-hydrogen) atoms. The maximum absolute atomic E-state index is 9.91.